The van der Waals surface area contributed by atoms with Crippen molar-refractivity contribution in [2.75, 3.05) is 0 Å². The maximum atomic E-state index is 6.59. The molecule has 0 aliphatic carbocycles. The maximum Gasteiger partial charge on any atom is 0.159 e. The molecule has 0 saturated heterocycles. The molecule has 2 nitrogen and oxygen atoms in total. The Balaban J connectivity index is 1.48. The van der Waals surface area contributed by atoms with Gasteiger partial charge in [-0.3, -0.25) is 0 Å². The first kappa shape index (κ1) is 18.6. The molecule has 3 heteroatoms. The maximum absolute atomic E-state index is 6.59. The summed E-state index contributed by atoms with van der Waals surface area (Å²) in [6, 6.07) is 35.6. The summed E-state index contributed by atoms with van der Waals surface area (Å²) in [7, 11) is 0. The lowest BCUT2D eigenvalue weighted by Crippen LogP contribution is -1.82. The second-order valence-electron chi connectivity index (χ2n) is 8.41. The number of benzene rings is 5. The summed E-state index contributed by atoms with van der Waals surface area (Å²) in [6.07, 6.45) is 0. The fourth-order valence-corrected chi connectivity index (χ4v) is 5.12. The number of halogens is 1. The molecule has 0 atom stereocenters. The summed E-state index contributed by atoms with van der Waals surface area (Å²) in [5.41, 5.74) is 8.39. The summed E-state index contributed by atoms with van der Waals surface area (Å²) >= 11 is 6.23. The summed E-state index contributed by atoms with van der Waals surface area (Å²) in [4.78, 5) is 3.57. The van der Waals surface area contributed by atoms with Crippen LogP contribution in [0.2, 0.25) is 5.02 Å². The van der Waals surface area contributed by atoms with Crippen molar-refractivity contribution in [3.05, 3.63) is 108 Å². The average molecular weight is 444 g/mol. The van der Waals surface area contributed by atoms with Gasteiger partial charge in [-0.2, -0.15) is 0 Å². The number of rotatable bonds is 2. The lowest BCUT2D eigenvalue weighted by atomic mass is 9.97. The smallest absolute Gasteiger partial charge is 0.159 e. The van der Waals surface area contributed by atoms with E-state index in [1.54, 1.807) is 0 Å². The minimum Gasteiger partial charge on any atom is -0.453 e. The number of H-pyrrole nitrogens is 1. The fourth-order valence-electron chi connectivity index (χ4n) is 4.93. The van der Waals surface area contributed by atoms with E-state index in [-0.39, 0.29) is 0 Å². The Morgan fingerprint density at radius 2 is 1.24 bits per heavy atom. The molecule has 0 aliphatic heterocycles. The van der Waals surface area contributed by atoms with E-state index in [2.05, 4.69) is 89.9 Å². The number of aromatic nitrogens is 1. The van der Waals surface area contributed by atoms with Crippen molar-refractivity contribution in [1.29, 1.82) is 0 Å². The van der Waals surface area contributed by atoms with Crippen LogP contribution in [0.4, 0.5) is 0 Å². The van der Waals surface area contributed by atoms with Gasteiger partial charge in [0, 0.05) is 37.6 Å². The van der Waals surface area contributed by atoms with Crippen LogP contribution in [0.5, 0.6) is 0 Å². The number of para-hydroxylation sites is 2. The van der Waals surface area contributed by atoms with Crippen LogP contribution in [0, 0.1) is 0 Å². The lowest BCUT2D eigenvalue weighted by Gasteiger charge is -2.07. The van der Waals surface area contributed by atoms with Crippen LogP contribution in [-0.2, 0) is 0 Å². The summed E-state index contributed by atoms with van der Waals surface area (Å²) < 4.78 is 6.59. The summed E-state index contributed by atoms with van der Waals surface area (Å²) in [6.45, 7) is 0. The molecule has 7 rings (SSSR count). The van der Waals surface area contributed by atoms with Gasteiger partial charge in [-0.25, -0.2) is 0 Å². The highest BCUT2D eigenvalue weighted by molar-refractivity contribution is 6.30. The van der Waals surface area contributed by atoms with Crippen molar-refractivity contribution in [3.8, 4) is 22.3 Å². The SMILES string of the molecule is Clc1cccc(-c2cccc(-c3cccc4c3oc3c4ccc4c5ccccc5[nH]c43)c2)c1. The first-order valence-electron chi connectivity index (χ1n) is 11.0. The zero-order valence-corrected chi connectivity index (χ0v) is 18.4. The number of hydrogen-bond donors (Lipinski definition) is 1. The van der Waals surface area contributed by atoms with Crippen LogP contribution >= 0.6 is 11.6 Å². The van der Waals surface area contributed by atoms with Crippen molar-refractivity contribution in [3.63, 3.8) is 0 Å². The Bertz CT molecular complexity index is 1840. The first-order valence-corrected chi connectivity index (χ1v) is 11.3. The molecule has 2 aromatic heterocycles. The van der Waals surface area contributed by atoms with Gasteiger partial charge in [0.2, 0.25) is 0 Å². The van der Waals surface area contributed by atoms with Crippen molar-refractivity contribution >= 4 is 55.3 Å². The van der Waals surface area contributed by atoms with Crippen molar-refractivity contribution in [1.82, 2.24) is 4.98 Å². The molecular weight excluding hydrogens is 426 g/mol. The van der Waals surface area contributed by atoms with E-state index in [0.29, 0.717) is 0 Å². The van der Waals surface area contributed by atoms with Gasteiger partial charge in [-0.05, 0) is 47.0 Å². The van der Waals surface area contributed by atoms with E-state index in [1.165, 1.54) is 10.8 Å². The quantitative estimate of drug-likeness (QED) is 0.283. The predicted octanol–water partition coefficient (Wildman–Crippen LogP) is 9.21. The molecule has 156 valence electrons. The molecule has 0 radical (unpaired) electrons. The molecule has 7 aromatic rings. The lowest BCUT2D eigenvalue weighted by molar-refractivity contribution is 0.673. The van der Waals surface area contributed by atoms with Gasteiger partial charge in [0.1, 0.15) is 5.58 Å². The Hall–Kier alpha value is -4.01. The standard InChI is InChI=1S/C30H18ClNO/c31-21-9-4-7-19(17-21)18-6-3-8-20(16-18)22-11-5-12-25-26-15-14-24-23-10-1-2-13-27(23)32-28(24)30(26)33-29(22)25/h1-17,32H. The topological polar surface area (TPSA) is 28.9 Å². The fraction of sp³-hybridized carbons (Fsp3) is 0. The van der Waals surface area contributed by atoms with Gasteiger partial charge in [-0.15, -0.1) is 0 Å². The number of nitrogens with one attached hydrogen (secondary N) is 1. The summed E-state index contributed by atoms with van der Waals surface area (Å²) in [5, 5.41) is 5.37. The van der Waals surface area contributed by atoms with Gasteiger partial charge >= 0.3 is 0 Å². The molecule has 0 saturated carbocycles. The zero-order chi connectivity index (χ0) is 21.9. The van der Waals surface area contributed by atoms with Crippen LogP contribution in [-0.4, -0.2) is 4.98 Å². The molecule has 0 spiro atoms. The van der Waals surface area contributed by atoms with Crippen LogP contribution in [0.25, 0.3) is 66.0 Å². The molecule has 0 unspecified atom stereocenters. The minimum absolute atomic E-state index is 0.736. The Morgan fingerprint density at radius 1 is 0.545 bits per heavy atom. The largest absolute Gasteiger partial charge is 0.453 e. The van der Waals surface area contributed by atoms with Crippen LogP contribution in [0.3, 0.4) is 0 Å². The molecular formula is C30H18ClNO. The predicted molar refractivity (Wildman–Crippen MR) is 139 cm³/mol. The molecule has 33 heavy (non-hydrogen) atoms. The third kappa shape index (κ3) is 2.81. The van der Waals surface area contributed by atoms with Crippen molar-refractivity contribution in [2.45, 2.75) is 0 Å². The van der Waals surface area contributed by atoms with E-state index in [4.69, 9.17) is 16.0 Å². The second-order valence-corrected chi connectivity index (χ2v) is 8.85. The molecule has 0 aliphatic rings. The number of furan rings is 1. The van der Waals surface area contributed by atoms with Crippen molar-refractivity contribution in [2.24, 2.45) is 0 Å². The van der Waals surface area contributed by atoms with Crippen LogP contribution in [0.1, 0.15) is 0 Å². The normalized spacial score (nSPS) is 11.8. The minimum atomic E-state index is 0.736. The van der Waals surface area contributed by atoms with Crippen LogP contribution < -0.4 is 0 Å². The van der Waals surface area contributed by atoms with E-state index in [1.807, 2.05) is 18.2 Å². The van der Waals surface area contributed by atoms with Crippen LogP contribution in [0.15, 0.2) is 108 Å². The average Bonchev–Trinajstić information content (AvgIpc) is 3.42. The molecule has 0 fully saturated rings. The third-order valence-corrected chi connectivity index (χ3v) is 6.71. The Kier molecular flexibility index (Phi) is 3.93. The van der Waals surface area contributed by atoms with Gasteiger partial charge in [0.15, 0.2) is 5.58 Å². The first-order chi connectivity index (χ1) is 16.3. The molecule has 5 aromatic carbocycles. The number of hydrogen-bond acceptors (Lipinski definition) is 1. The van der Waals surface area contributed by atoms with E-state index in [9.17, 15) is 0 Å². The van der Waals surface area contributed by atoms with Crippen molar-refractivity contribution < 1.29 is 4.42 Å². The number of fused-ring (bicyclic) bond motifs is 7. The highest BCUT2D eigenvalue weighted by Crippen LogP contribution is 2.40. The second kappa shape index (κ2) is 6.99. The van der Waals surface area contributed by atoms with Gasteiger partial charge < -0.3 is 9.40 Å². The van der Waals surface area contributed by atoms with Gasteiger partial charge in [-0.1, -0.05) is 84.4 Å². The van der Waals surface area contributed by atoms with Gasteiger partial charge in [0.25, 0.3) is 0 Å². The highest BCUT2D eigenvalue weighted by Gasteiger charge is 2.16. The Morgan fingerprint density at radius 3 is 2.15 bits per heavy atom. The molecule has 1 N–H and O–H groups in total. The highest BCUT2D eigenvalue weighted by atomic mass is 35.5. The molecule has 0 bridgehead atoms. The van der Waals surface area contributed by atoms with E-state index in [0.717, 1.165) is 60.2 Å². The van der Waals surface area contributed by atoms with E-state index >= 15 is 0 Å². The number of aromatic amines is 1. The third-order valence-electron chi connectivity index (χ3n) is 6.48. The molecule has 2 heterocycles. The Labute approximate surface area is 195 Å². The molecule has 0 amide bonds. The van der Waals surface area contributed by atoms with Gasteiger partial charge in [0.05, 0.1) is 5.52 Å². The zero-order valence-electron chi connectivity index (χ0n) is 17.6. The van der Waals surface area contributed by atoms with E-state index < -0.39 is 0 Å². The monoisotopic (exact) mass is 443 g/mol. The summed E-state index contributed by atoms with van der Waals surface area (Å²) in [5.74, 6) is 0.